The van der Waals surface area contributed by atoms with Crippen molar-refractivity contribution in [2.24, 2.45) is 0 Å². The number of fused-ring (bicyclic) bond motifs is 1. The third-order valence-electron chi connectivity index (χ3n) is 3.46. The van der Waals surface area contributed by atoms with Gasteiger partial charge in [-0.25, -0.2) is 9.97 Å². The van der Waals surface area contributed by atoms with E-state index in [2.05, 4.69) is 40.5 Å². The predicted octanol–water partition coefficient (Wildman–Crippen LogP) is 2.00. The molecule has 1 aliphatic heterocycles. The molecule has 0 bridgehead atoms. The van der Waals surface area contributed by atoms with E-state index in [1.807, 2.05) is 6.92 Å². The lowest BCUT2D eigenvalue weighted by Gasteiger charge is -2.28. The number of aryl methyl sites for hydroxylation is 1. The highest BCUT2D eigenvalue weighted by atomic mass is 16.5. The SMILES string of the molecule is Cc1cn2cc(C(C)C)nc(N3CCOCC3)c2n1. The summed E-state index contributed by atoms with van der Waals surface area (Å²) in [6.07, 6.45) is 4.15. The standard InChI is InChI=1S/C14H20N4O/c1-10(2)12-9-18-8-11(3)15-13(18)14(16-12)17-4-6-19-7-5-17/h8-10H,4-7H2,1-3H3. The highest BCUT2D eigenvalue weighted by Gasteiger charge is 2.19. The van der Waals surface area contributed by atoms with Crippen LogP contribution in [0, 0.1) is 6.92 Å². The topological polar surface area (TPSA) is 42.7 Å². The van der Waals surface area contributed by atoms with Crippen molar-refractivity contribution in [2.75, 3.05) is 31.2 Å². The highest BCUT2D eigenvalue weighted by Crippen LogP contribution is 2.23. The second-order valence-corrected chi connectivity index (χ2v) is 5.36. The minimum Gasteiger partial charge on any atom is -0.378 e. The summed E-state index contributed by atoms with van der Waals surface area (Å²) in [7, 11) is 0. The molecule has 0 atom stereocenters. The van der Waals surface area contributed by atoms with Crippen LogP contribution in [0.15, 0.2) is 12.4 Å². The van der Waals surface area contributed by atoms with E-state index in [0.29, 0.717) is 5.92 Å². The molecule has 1 saturated heterocycles. The molecule has 19 heavy (non-hydrogen) atoms. The molecule has 0 spiro atoms. The maximum absolute atomic E-state index is 5.42. The van der Waals surface area contributed by atoms with Crippen LogP contribution in [0.2, 0.25) is 0 Å². The Morgan fingerprint density at radius 2 is 1.89 bits per heavy atom. The molecule has 3 heterocycles. The molecule has 1 aliphatic rings. The molecular formula is C14H20N4O. The van der Waals surface area contributed by atoms with Crippen LogP contribution in [0.4, 0.5) is 5.82 Å². The highest BCUT2D eigenvalue weighted by molar-refractivity contribution is 5.65. The van der Waals surface area contributed by atoms with Gasteiger partial charge >= 0.3 is 0 Å². The summed E-state index contributed by atoms with van der Waals surface area (Å²) in [6.45, 7) is 9.65. The van der Waals surface area contributed by atoms with Crippen LogP contribution in [0.1, 0.15) is 31.2 Å². The lowest BCUT2D eigenvalue weighted by atomic mass is 10.1. The first-order chi connectivity index (χ1) is 9.15. The van der Waals surface area contributed by atoms with Crippen molar-refractivity contribution in [3.63, 3.8) is 0 Å². The predicted molar refractivity (Wildman–Crippen MR) is 74.8 cm³/mol. The van der Waals surface area contributed by atoms with Gasteiger partial charge in [-0.1, -0.05) is 13.8 Å². The Hall–Kier alpha value is -1.62. The molecule has 2 aromatic heterocycles. The van der Waals surface area contributed by atoms with Gasteiger partial charge in [0.25, 0.3) is 0 Å². The number of nitrogens with zero attached hydrogens (tertiary/aromatic N) is 4. The first-order valence-corrected chi connectivity index (χ1v) is 6.84. The second-order valence-electron chi connectivity index (χ2n) is 5.36. The van der Waals surface area contributed by atoms with E-state index < -0.39 is 0 Å². The maximum Gasteiger partial charge on any atom is 0.180 e. The first-order valence-electron chi connectivity index (χ1n) is 6.84. The fraction of sp³-hybridized carbons (Fsp3) is 0.571. The van der Waals surface area contributed by atoms with Crippen LogP contribution in [-0.4, -0.2) is 40.7 Å². The summed E-state index contributed by atoms with van der Waals surface area (Å²) < 4.78 is 7.52. The lowest BCUT2D eigenvalue weighted by molar-refractivity contribution is 0.122. The number of anilines is 1. The van der Waals surface area contributed by atoms with E-state index in [1.165, 1.54) is 0 Å². The number of hydrogen-bond acceptors (Lipinski definition) is 4. The van der Waals surface area contributed by atoms with Crippen LogP contribution < -0.4 is 4.90 Å². The smallest absolute Gasteiger partial charge is 0.180 e. The first kappa shape index (κ1) is 12.4. The Balaban J connectivity index is 2.13. The number of hydrogen-bond donors (Lipinski definition) is 0. The molecule has 0 saturated carbocycles. The van der Waals surface area contributed by atoms with Crippen molar-refractivity contribution in [2.45, 2.75) is 26.7 Å². The molecule has 0 amide bonds. The zero-order valence-electron chi connectivity index (χ0n) is 11.8. The maximum atomic E-state index is 5.42. The normalized spacial score (nSPS) is 16.5. The number of rotatable bonds is 2. The van der Waals surface area contributed by atoms with Crippen molar-refractivity contribution in [1.29, 1.82) is 0 Å². The molecule has 2 aromatic rings. The summed E-state index contributed by atoms with van der Waals surface area (Å²) >= 11 is 0. The molecule has 5 heteroatoms. The second kappa shape index (κ2) is 4.81. The molecule has 1 fully saturated rings. The fourth-order valence-corrected chi connectivity index (χ4v) is 2.39. The summed E-state index contributed by atoms with van der Waals surface area (Å²) in [4.78, 5) is 11.7. The number of ether oxygens (including phenoxy) is 1. The third-order valence-corrected chi connectivity index (χ3v) is 3.46. The van der Waals surface area contributed by atoms with Crippen LogP contribution >= 0.6 is 0 Å². The van der Waals surface area contributed by atoms with Gasteiger partial charge in [-0.2, -0.15) is 0 Å². The Kier molecular flexibility index (Phi) is 3.14. The molecule has 0 radical (unpaired) electrons. The zero-order chi connectivity index (χ0) is 13.4. The molecule has 0 N–H and O–H groups in total. The van der Waals surface area contributed by atoms with Crippen molar-refractivity contribution >= 4 is 11.5 Å². The van der Waals surface area contributed by atoms with Crippen molar-refractivity contribution in [1.82, 2.24) is 14.4 Å². The number of aromatic nitrogens is 3. The monoisotopic (exact) mass is 260 g/mol. The van der Waals surface area contributed by atoms with Crippen LogP contribution in [0.3, 0.4) is 0 Å². The molecular weight excluding hydrogens is 240 g/mol. The zero-order valence-corrected chi connectivity index (χ0v) is 11.8. The number of morpholine rings is 1. The van der Waals surface area contributed by atoms with E-state index >= 15 is 0 Å². The van der Waals surface area contributed by atoms with E-state index in [0.717, 1.165) is 49.2 Å². The Morgan fingerprint density at radius 3 is 2.58 bits per heavy atom. The molecule has 0 aliphatic carbocycles. The average molecular weight is 260 g/mol. The van der Waals surface area contributed by atoms with E-state index in [9.17, 15) is 0 Å². The minimum absolute atomic E-state index is 0.409. The van der Waals surface area contributed by atoms with Crippen LogP contribution in [-0.2, 0) is 4.74 Å². The third kappa shape index (κ3) is 2.30. The Morgan fingerprint density at radius 1 is 1.16 bits per heavy atom. The van der Waals surface area contributed by atoms with Gasteiger partial charge in [-0.15, -0.1) is 0 Å². The van der Waals surface area contributed by atoms with Gasteiger partial charge in [0.2, 0.25) is 0 Å². The van der Waals surface area contributed by atoms with Gasteiger partial charge in [-0.3, -0.25) is 0 Å². The Labute approximate surface area is 113 Å². The molecule has 0 unspecified atom stereocenters. The number of imidazole rings is 1. The molecule has 0 aromatic carbocycles. The van der Waals surface area contributed by atoms with Gasteiger partial charge < -0.3 is 14.0 Å². The average Bonchev–Trinajstić information content (AvgIpc) is 2.78. The minimum atomic E-state index is 0.409. The van der Waals surface area contributed by atoms with E-state index in [-0.39, 0.29) is 0 Å². The Bertz CT molecular complexity index is 584. The largest absolute Gasteiger partial charge is 0.378 e. The summed E-state index contributed by atoms with van der Waals surface area (Å²) in [5.74, 6) is 1.40. The molecule has 102 valence electrons. The van der Waals surface area contributed by atoms with Gasteiger partial charge in [0.1, 0.15) is 0 Å². The quantitative estimate of drug-likeness (QED) is 0.828. The summed E-state index contributed by atoms with van der Waals surface area (Å²) in [5.41, 5.74) is 3.08. The van der Waals surface area contributed by atoms with Crippen molar-refractivity contribution < 1.29 is 4.74 Å². The molecule has 5 nitrogen and oxygen atoms in total. The van der Waals surface area contributed by atoms with Gasteiger partial charge in [0.05, 0.1) is 24.6 Å². The van der Waals surface area contributed by atoms with Crippen LogP contribution in [0.5, 0.6) is 0 Å². The fourth-order valence-electron chi connectivity index (χ4n) is 2.39. The summed E-state index contributed by atoms with van der Waals surface area (Å²) in [5, 5.41) is 0. The van der Waals surface area contributed by atoms with Crippen LogP contribution in [0.25, 0.3) is 5.65 Å². The van der Waals surface area contributed by atoms with Crippen molar-refractivity contribution in [3.8, 4) is 0 Å². The van der Waals surface area contributed by atoms with Gasteiger partial charge in [-0.05, 0) is 12.8 Å². The van der Waals surface area contributed by atoms with Gasteiger partial charge in [0.15, 0.2) is 11.5 Å². The van der Waals surface area contributed by atoms with Crippen molar-refractivity contribution in [3.05, 3.63) is 23.8 Å². The van der Waals surface area contributed by atoms with E-state index in [1.54, 1.807) is 0 Å². The molecule has 3 rings (SSSR count). The summed E-state index contributed by atoms with van der Waals surface area (Å²) in [6, 6.07) is 0. The van der Waals surface area contributed by atoms with Gasteiger partial charge in [0, 0.05) is 25.5 Å². The lowest BCUT2D eigenvalue weighted by Crippen LogP contribution is -2.37. The van der Waals surface area contributed by atoms with E-state index in [4.69, 9.17) is 9.72 Å².